The molecule has 0 saturated heterocycles. The van der Waals surface area contributed by atoms with Crippen LogP contribution in [0.1, 0.15) is 5.69 Å². The molecule has 100 valence electrons. The average Bonchev–Trinajstić information content (AvgIpc) is 2.70. The first kappa shape index (κ1) is 13.1. The van der Waals surface area contributed by atoms with Gasteiger partial charge in [-0.25, -0.2) is 14.5 Å². The largest absolute Gasteiger partial charge is 0.428 e. The van der Waals surface area contributed by atoms with E-state index in [9.17, 15) is 4.79 Å². The Bertz CT molecular complexity index is 563. The number of amides is 1. The first-order valence-corrected chi connectivity index (χ1v) is 5.84. The fraction of sp³-hybridized carbons (Fsp3) is 0.231. The molecule has 1 heterocycles. The van der Waals surface area contributed by atoms with Gasteiger partial charge in [0.2, 0.25) is 5.88 Å². The van der Waals surface area contributed by atoms with Crippen LogP contribution in [-0.4, -0.2) is 35.0 Å². The second kappa shape index (κ2) is 5.53. The van der Waals surface area contributed by atoms with Crippen molar-refractivity contribution in [2.45, 2.75) is 6.92 Å². The van der Waals surface area contributed by atoms with Crippen LogP contribution in [0.15, 0.2) is 36.4 Å². The summed E-state index contributed by atoms with van der Waals surface area (Å²) in [6.07, 6.45) is -0.554. The van der Waals surface area contributed by atoms with Crippen molar-refractivity contribution in [3.63, 3.8) is 0 Å². The number of rotatable bonds is 3. The van der Waals surface area contributed by atoms with Crippen LogP contribution < -0.4 is 10.2 Å². The predicted octanol–water partition coefficient (Wildman–Crippen LogP) is 1.75. The van der Waals surface area contributed by atoms with Crippen molar-refractivity contribution in [1.82, 2.24) is 20.2 Å². The van der Waals surface area contributed by atoms with Gasteiger partial charge in [0.25, 0.3) is 0 Å². The highest BCUT2D eigenvalue weighted by Crippen LogP contribution is 2.19. The van der Waals surface area contributed by atoms with E-state index < -0.39 is 6.09 Å². The topological polar surface area (TPSA) is 59.4 Å². The number of hydrogen-bond acceptors (Lipinski definition) is 4. The van der Waals surface area contributed by atoms with Gasteiger partial charge in [-0.1, -0.05) is 18.2 Å². The van der Waals surface area contributed by atoms with Crippen LogP contribution in [0.25, 0.3) is 5.69 Å². The van der Waals surface area contributed by atoms with Gasteiger partial charge < -0.3 is 4.74 Å². The van der Waals surface area contributed by atoms with Gasteiger partial charge in [-0.2, -0.15) is 5.10 Å². The lowest BCUT2D eigenvalue weighted by Gasteiger charge is -2.12. The summed E-state index contributed by atoms with van der Waals surface area (Å²) in [5, 5.41) is 5.82. The first-order valence-electron chi connectivity index (χ1n) is 5.84. The van der Waals surface area contributed by atoms with Crippen molar-refractivity contribution in [3.8, 4) is 11.6 Å². The summed E-state index contributed by atoms with van der Waals surface area (Å²) in [5.74, 6) is 0.378. The molecule has 2 rings (SSSR count). The monoisotopic (exact) mass is 260 g/mol. The van der Waals surface area contributed by atoms with Crippen molar-refractivity contribution in [3.05, 3.63) is 42.1 Å². The Labute approximate surface area is 111 Å². The zero-order valence-corrected chi connectivity index (χ0v) is 11.1. The molecular weight excluding hydrogens is 244 g/mol. The summed E-state index contributed by atoms with van der Waals surface area (Å²) in [6, 6.07) is 11.2. The molecule has 0 aliphatic rings. The third kappa shape index (κ3) is 3.32. The Morgan fingerprint density at radius 2 is 2.00 bits per heavy atom. The van der Waals surface area contributed by atoms with Gasteiger partial charge in [0.05, 0.1) is 11.4 Å². The van der Waals surface area contributed by atoms with E-state index >= 15 is 0 Å². The Morgan fingerprint density at radius 1 is 1.32 bits per heavy atom. The molecule has 0 aliphatic heterocycles. The molecule has 2 aromatic rings. The van der Waals surface area contributed by atoms with E-state index in [-0.39, 0.29) is 0 Å². The SMILES string of the molecule is Cc1cc(OC(=O)NN(C)C)n(-c2ccccc2)n1. The van der Waals surface area contributed by atoms with Crippen molar-refractivity contribution in [2.75, 3.05) is 14.1 Å². The van der Waals surface area contributed by atoms with Crippen molar-refractivity contribution in [2.24, 2.45) is 0 Å². The maximum absolute atomic E-state index is 11.6. The maximum atomic E-state index is 11.6. The molecule has 0 unspecified atom stereocenters. The summed E-state index contributed by atoms with van der Waals surface area (Å²) in [6.45, 7) is 1.84. The van der Waals surface area contributed by atoms with Gasteiger partial charge >= 0.3 is 6.09 Å². The number of aromatic nitrogens is 2. The van der Waals surface area contributed by atoms with Crippen LogP contribution in [0.3, 0.4) is 0 Å². The number of nitrogens with zero attached hydrogens (tertiary/aromatic N) is 3. The molecule has 0 saturated carbocycles. The van der Waals surface area contributed by atoms with Gasteiger partial charge in [0, 0.05) is 20.2 Å². The molecule has 0 fully saturated rings. The van der Waals surface area contributed by atoms with Gasteiger partial charge in [-0.05, 0) is 19.1 Å². The van der Waals surface area contributed by atoms with E-state index in [4.69, 9.17) is 4.74 Å². The molecule has 0 spiro atoms. The van der Waals surface area contributed by atoms with Crippen LogP contribution in [0.2, 0.25) is 0 Å². The zero-order valence-electron chi connectivity index (χ0n) is 11.1. The van der Waals surface area contributed by atoms with E-state index in [0.717, 1.165) is 11.4 Å². The smallest absolute Gasteiger partial charge is 0.390 e. The number of aryl methyl sites for hydroxylation is 1. The Kier molecular flexibility index (Phi) is 3.82. The highest BCUT2D eigenvalue weighted by molar-refractivity contribution is 5.69. The molecule has 0 atom stereocenters. The highest BCUT2D eigenvalue weighted by Gasteiger charge is 2.13. The molecule has 0 aliphatic carbocycles. The number of carbonyl (C=O) groups excluding carboxylic acids is 1. The molecular formula is C13H16N4O2. The van der Waals surface area contributed by atoms with Crippen molar-refractivity contribution in [1.29, 1.82) is 0 Å². The molecule has 1 amide bonds. The number of ether oxygens (including phenoxy) is 1. The molecule has 19 heavy (non-hydrogen) atoms. The van der Waals surface area contributed by atoms with Gasteiger partial charge in [0.15, 0.2) is 0 Å². The minimum atomic E-state index is -0.554. The standard InChI is InChI=1S/C13H16N4O2/c1-10-9-12(19-13(18)15-16(2)3)17(14-10)11-7-5-4-6-8-11/h4-9H,1-3H3,(H,15,18). The summed E-state index contributed by atoms with van der Waals surface area (Å²) in [5.41, 5.74) is 4.12. The predicted molar refractivity (Wildman–Crippen MR) is 71.1 cm³/mol. The van der Waals surface area contributed by atoms with Crippen LogP contribution in [-0.2, 0) is 0 Å². The highest BCUT2D eigenvalue weighted by atomic mass is 16.6. The number of hydrogen-bond donors (Lipinski definition) is 1. The fourth-order valence-corrected chi connectivity index (χ4v) is 1.60. The molecule has 0 bridgehead atoms. The number of para-hydroxylation sites is 1. The minimum Gasteiger partial charge on any atom is -0.390 e. The van der Waals surface area contributed by atoms with Crippen molar-refractivity contribution < 1.29 is 9.53 Å². The van der Waals surface area contributed by atoms with Gasteiger partial charge in [-0.15, -0.1) is 0 Å². The lowest BCUT2D eigenvalue weighted by Crippen LogP contribution is -2.38. The normalized spacial score (nSPS) is 10.5. The van der Waals surface area contributed by atoms with Crippen molar-refractivity contribution >= 4 is 6.09 Å². The quantitative estimate of drug-likeness (QED) is 0.854. The van der Waals surface area contributed by atoms with E-state index in [1.54, 1.807) is 24.8 Å². The second-order valence-corrected chi connectivity index (χ2v) is 4.27. The fourth-order valence-electron chi connectivity index (χ4n) is 1.60. The number of carbonyl (C=O) groups is 1. The molecule has 1 aromatic carbocycles. The van der Waals surface area contributed by atoms with Gasteiger partial charge in [0.1, 0.15) is 0 Å². The summed E-state index contributed by atoms with van der Waals surface area (Å²) in [7, 11) is 3.42. The third-order valence-electron chi connectivity index (χ3n) is 2.31. The number of benzene rings is 1. The molecule has 1 aromatic heterocycles. The van der Waals surface area contributed by atoms with E-state index in [1.807, 2.05) is 37.3 Å². The average molecular weight is 260 g/mol. The second-order valence-electron chi connectivity index (χ2n) is 4.27. The maximum Gasteiger partial charge on any atom is 0.428 e. The van der Waals surface area contributed by atoms with E-state index in [1.165, 1.54) is 5.01 Å². The molecule has 1 N–H and O–H groups in total. The third-order valence-corrected chi connectivity index (χ3v) is 2.31. The summed E-state index contributed by atoms with van der Waals surface area (Å²) < 4.78 is 6.83. The number of nitrogens with one attached hydrogen (secondary N) is 1. The molecule has 0 radical (unpaired) electrons. The Hall–Kier alpha value is -2.34. The molecule has 6 heteroatoms. The number of hydrazine groups is 1. The van der Waals surface area contributed by atoms with Crippen LogP contribution in [0.4, 0.5) is 4.79 Å². The lowest BCUT2D eigenvalue weighted by molar-refractivity contribution is 0.168. The van der Waals surface area contributed by atoms with E-state index in [0.29, 0.717) is 5.88 Å². The van der Waals surface area contributed by atoms with Crippen LogP contribution in [0, 0.1) is 6.92 Å². The Morgan fingerprint density at radius 3 is 2.63 bits per heavy atom. The summed E-state index contributed by atoms with van der Waals surface area (Å²) in [4.78, 5) is 11.6. The lowest BCUT2D eigenvalue weighted by atomic mass is 10.3. The summed E-state index contributed by atoms with van der Waals surface area (Å²) >= 11 is 0. The molecule has 6 nitrogen and oxygen atoms in total. The zero-order chi connectivity index (χ0) is 13.8. The van der Waals surface area contributed by atoms with Gasteiger partial charge in [-0.3, -0.25) is 5.43 Å². The van der Waals surface area contributed by atoms with E-state index in [2.05, 4.69) is 10.5 Å². The minimum absolute atomic E-state index is 0.378. The van der Waals surface area contributed by atoms with Crippen LogP contribution >= 0.6 is 0 Å². The first-order chi connectivity index (χ1) is 9.06. The van der Waals surface area contributed by atoms with Crippen LogP contribution in [0.5, 0.6) is 5.88 Å². The Balaban J connectivity index is 2.24.